The summed E-state index contributed by atoms with van der Waals surface area (Å²) in [6.45, 7) is 19.6. The molecule has 90 heavy (non-hydrogen) atoms. The van der Waals surface area contributed by atoms with Gasteiger partial charge in [0.05, 0.1) is 46.1 Å². The summed E-state index contributed by atoms with van der Waals surface area (Å²) in [6.07, 6.45) is 10.6. The molecule has 2 aromatic carbocycles. The van der Waals surface area contributed by atoms with Gasteiger partial charge in [0.25, 0.3) is 7.82 Å². The summed E-state index contributed by atoms with van der Waals surface area (Å²) in [7, 11) is -8.36. The van der Waals surface area contributed by atoms with Gasteiger partial charge in [0.2, 0.25) is 23.6 Å². The lowest BCUT2D eigenvalue weighted by Gasteiger charge is -2.29. The van der Waals surface area contributed by atoms with E-state index in [1.807, 2.05) is 68.4 Å². The van der Waals surface area contributed by atoms with Crippen LogP contribution in [-0.4, -0.2) is 160 Å². The zero-order valence-corrected chi connectivity index (χ0v) is 56.9. The molecule has 4 amide bonds. The summed E-state index contributed by atoms with van der Waals surface area (Å²) in [6, 6.07) is 20.8. The smallest absolute Gasteiger partial charge is 0.476 e. The van der Waals surface area contributed by atoms with Gasteiger partial charge in [-0.15, -0.1) is 0 Å². The predicted molar refractivity (Wildman–Crippen MR) is 347 cm³/mol. The highest BCUT2D eigenvalue weighted by atomic mass is 31.2. The van der Waals surface area contributed by atoms with Crippen LogP contribution in [-0.2, 0) is 72.3 Å². The zero-order valence-electron chi connectivity index (χ0n) is 53.1. The molecule has 0 aliphatic carbocycles. The molecule has 2 aliphatic heterocycles. The van der Waals surface area contributed by atoms with E-state index in [9.17, 15) is 33.2 Å². The molecule has 5 N–H and O–H groups in total. The van der Waals surface area contributed by atoms with Crippen LogP contribution in [0.25, 0.3) is 34.1 Å². The fourth-order valence-electron chi connectivity index (χ4n) is 9.41. The number of carbonyl (C=O) groups is 4. The highest BCUT2D eigenvalue weighted by Gasteiger charge is 2.34. The molecule has 24 nitrogen and oxygen atoms in total. The lowest BCUT2D eigenvalue weighted by atomic mass is 10.0. The highest BCUT2D eigenvalue weighted by Crippen LogP contribution is 2.51. The molecule has 0 saturated heterocycles. The maximum absolute atomic E-state index is 13.6. The number of rotatable bonds is 28. The van der Waals surface area contributed by atoms with Gasteiger partial charge in [-0.05, 0) is 97.4 Å². The van der Waals surface area contributed by atoms with E-state index in [0.29, 0.717) is 62.5 Å². The van der Waals surface area contributed by atoms with Gasteiger partial charge >= 0.3 is 7.82 Å². The van der Waals surface area contributed by atoms with Crippen molar-refractivity contribution in [3.8, 4) is 0 Å². The van der Waals surface area contributed by atoms with Gasteiger partial charge in [0.15, 0.2) is 0 Å². The third-order valence-corrected chi connectivity index (χ3v) is 20.1. The van der Waals surface area contributed by atoms with E-state index in [0.717, 1.165) is 77.6 Å². The number of nitrogens with zero attached hydrogens (tertiary/aromatic N) is 6. The summed E-state index contributed by atoms with van der Waals surface area (Å²) >= 11 is 0. The Morgan fingerprint density at radius 3 is 1.40 bits per heavy atom. The largest absolute Gasteiger partial charge is 0.756 e. The van der Waals surface area contributed by atoms with E-state index >= 15 is 0 Å². The Hall–Kier alpha value is -6.33. The molecule has 6 heterocycles. The number of aliphatic hydroxyl groups excluding tert-OH is 3. The van der Waals surface area contributed by atoms with E-state index in [2.05, 4.69) is 53.8 Å². The second-order valence-corrected chi connectivity index (χ2v) is 38.5. The Labute approximate surface area is 527 Å². The number of para-hydroxylation sites is 2. The molecule has 6 aromatic rings. The highest BCUT2D eigenvalue weighted by molar-refractivity contribution is 7.48. The second-order valence-electron chi connectivity index (χ2n) is 24.4. The number of carbonyl (C=O) groups excluding carboxylic acids is 4. The number of aliphatic hydroxyl groups is 3. The fourth-order valence-corrected chi connectivity index (χ4v) is 12.6. The van der Waals surface area contributed by atoms with E-state index < -0.39 is 38.5 Å². The van der Waals surface area contributed by atoms with Crippen LogP contribution < -0.4 is 19.6 Å². The van der Waals surface area contributed by atoms with Crippen LogP contribution in [0.1, 0.15) is 57.7 Å². The lowest BCUT2D eigenvalue weighted by molar-refractivity contribution is -0.901. The molecule has 28 heteroatoms. The predicted octanol–water partition coefficient (Wildman–Crippen LogP) is 7.25. The molecule has 8 rings (SSSR count). The summed E-state index contributed by atoms with van der Waals surface area (Å²) in [5.74, 6) is 1.21. The minimum absolute atomic E-state index is 0.106. The molecule has 0 bridgehead atoms. The van der Waals surface area contributed by atoms with Crippen molar-refractivity contribution in [1.29, 1.82) is 0 Å². The number of phosphoric ester groups is 2. The third kappa shape index (κ3) is 22.2. The van der Waals surface area contributed by atoms with E-state index in [4.69, 9.17) is 42.6 Å². The average Bonchev–Trinajstić information content (AvgIpc) is 0.934. The minimum atomic E-state index is -4.98. The van der Waals surface area contributed by atoms with Crippen molar-refractivity contribution in [1.82, 2.24) is 19.8 Å². The first-order valence-electron chi connectivity index (χ1n) is 29.8. The van der Waals surface area contributed by atoms with Crippen molar-refractivity contribution in [3.63, 3.8) is 0 Å². The molecule has 0 spiro atoms. The maximum atomic E-state index is 13.6. The first kappa shape index (κ1) is 72.7. The lowest BCUT2D eigenvalue weighted by Crippen LogP contribution is -3.13. The normalized spacial score (nSPS) is 14.4. The van der Waals surface area contributed by atoms with E-state index in [1.165, 1.54) is 23.2 Å². The summed E-state index contributed by atoms with van der Waals surface area (Å²) < 4.78 is 58.0. The Balaban J connectivity index is 0.000000256. The Morgan fingerprint density at radius 2 is 1.03 bits per heavy atom. The SMILES string of the molecule is Cc1c(CN(C)C(=O)/C=C/c2cnc3c(c2)CCC(=O)N3COP(=O)(OCC[Si](C)(C)C)OCC[Si](C)(C)C)oc2ccccc12.Cc1c(CN(C)C(=O)/C=C/c2cnc3c(c2)CCC(=O)N3COP(=O)([O-])O)oc2ccccc12.OCC[NH+](CCO)CCO. The van der Waals surface area contributed by atoms with Crippen molar-refractivity contribution in [2.24, 2.45) is 0 Å². The maximum Gasteiger partial charge on any atom is 0.476 e. The molecule has 2 aliphatic rings. The first-order valence-corrected chi connectivity index (χ1v) is 40.1. The topological polar surface area (TPSA) is 313 Å². The molecular weight excluding hydrogens is 1230 g/mol. The zero-order chi connectivity index (χ0) is 66.0. The van der Waals surface area contributed by atoms with Crippen molar-refractivity contribution < 1.29 is 85.2 Å². The van der Waals surface area contributed by atoms with Gasteiger partial charge in [0, 0.05) is 89.5 Å². The first-order chi connectivity index (χ1) is 42.5. The van der Waals surface area contributed by atoms with E-state index in [-0.39, 0.29) is 82.1 Å². The van der Waals surface area contributed by atoms with Crippen molar-refractivity contribution in [2.45, 2.75) is 104 Å². The van der Waals surface area contributed by atoms with Crippen molar-refractivity contribution in [2.75, 3.05) is 90.0 Å². The number of phosphoric acid groups is 2. The van der Waals surface area contributed by atoms with Gasteiger partial charge in [-0.1, -0.05) is 75.7 Å². The number of furan rings is 2. The van der Waals surface area contributed by atoms with Crippen LogP contribution in [0.15, 0.2) is 94.0 Å². The number of pyridine rings is 2. The molecule has 1 atom stereocenters. The molecule has 0 fully saturated rings. The quantitative estimate of drug-likeness (QED) is 0.0183. The van der Waals surface area contributed by atoms with Crippen LogP contribution in [0, 0.1) is 13.8 Å². The van der Waals surface area contributed by atoms with Crippen LogP contribution in [0.4, 0.5) is 11.6 Å². The number of hydrogen-bond donors (Lipinski definition) is 5. The van der Waals surface area contributed by atoms with Crippen LogP contribution in [0.3, 0.4) is 0 Å². The van der Waals surface area contributed by atoms with Gasteiger partial charge in [0.1, 0.15) is 67.4 Å². The number of amides is 4. The number of benzene rings is 2. The molecule has 1 unspecified atom stereocenters. The standard InChI is InChI=1S/C33H48N3O7PSi2.C23H24N3O7P.C6H15NO3/c1-25-28-11-9-10-12-29(28)43-30(25)23-35(2)31(37)15-13-26-21-27-14-16-32(38)36(33(27)34-22-26)24-42-44(39,40-17-19-45(3,4)5)41-18-20-46(6,7)8;1-15-18-5-3-4-6-19(18)33-20(15)13-25(2)21(27)9-7-16-11-17-8-10-22(28)26(23(17)24-12-16)14-32-34(29,30)31;8-4-1-7(2-5-9)3-6-10/h9-13,15,21-22H,14,16-20,23-24H2,1-8H3;3-7,9,11-12H,8,10,13-14H2,1-2H3,(H2,29,30,31);8-10H,1-6H2/b15-13+;9-7+;. The molecule has 0 saturated carbocycles. The minimum Gasteiger partial charge on any atom is -0.756 e. The number of likely N-dealkylation sites (N-methyl/N-ethyl adjacent to an activating group) is 2. The number of aromatic nitrogens is 2. The second kappa shape index (κ2) is 33.3. The van der Waals surface area contributed by atoms with Crippen LogP contribution in [0.5, 0.6) is 0 Å². The van der Waals surface area contributed by atoms with Gasteiger partial charge in [-0.3, -0.25) is 51.6 Å². The number of anilines is 2. The number of aryl methyl sites for hydroxylation is 4. The fraction of sp³-hybridized carbons (Fsp3) is 0.452. The molecule has 490 valence electrons. The summed E-state index contributed by atoms with van der Waals surface area (Å²) in [5, 5.41) is 27.6. The Morgan fingerprint density at radius 1 is 0.644 bits per heavy atom. The monoisotopic (exact) mass is 1320 g/mol. The molecule has 4 aromatic heterocycles. The third-order valence-electron chi connectivity index (χ3n) is 14.8. The van der Waals surface area contributed by atoms with Gasteiger partial charge in [-0.2, -0.15) is 0 Å². The van der Waals surface area contributed by atoms with Crippen LogP contribution >= 0.6 is 15.6 Å². The number of fused-ring (bicyclic) bond motifs is 4. The number of nitrogens with one attached hydrogen (secondary N) is 1. The molecular formula is C62H87N7O17P2Si2. The Kier molecular flexibility index (Phi) is 26.9. The summed E-state index contributed by atoms with van der Waals surface area (Å²) in [4.78, 5) is 85.7. The summed E-state index contributed by atoms with van der Waals surface area (Å²) in [5.41, 5.74) is 6.50. The van der Waals surface area contributed by atoms with Crippen LogP contribution in [0.2, 0.25) is 51.4 Å². The van der Waals surface area contributed by atoms with Gasteiger partial charge in [-0.25, -0.2) is 14.5 Å². The molecule has 0 radical (unpaired) electrons. The van der Waals surface area contributed by atoms with E-state index in [1.54, 1.807) is 48.3 Å². The number of hydrogen-bond acceptors (Lipinski definition) is 18. The average molecular weight is 1320 g/mol. The van der Waals surface area contributed by atoms with Crippen molar-refractivity contribution >= 4 is 101 Å². The van der Waals surface area contributed by atoms with Gasteiger partial charge < -0.3 is 48.6 Å². The van der Waals surface area contributed by atoms with Crippen molar-refractivity contribution in [3.05, 3.63) is 130 Å². The Bertz CT molecular complexity index is 3540. The number of quaternary nitrogens is 1.